The van der Waals surface area contributed by atoms with Crippen LogP contribution in [0.2, 0.25) is 0 Å². The summed E-state index contributed by atoms with van der Waals surface area (Å²) in [5.74, 6) is 0.480. The lowest BCUT2D eigenvalue weighted by molar-refractivity contribution is 0.299. The standard InChI is InChI=1S/C21H22N6O/c1-2-3-15-6-10-18(11-7-15)27-20-19(25-26-27)14-22-21(24-20)23-17-8-4-16(5-9-17)12-13-28/h4-11,14,28H,2-3,12-13H2,1H3,(H,22,23,24). The highest BCUT2D eigenvalue weighted by atomic mass is 16.2. The Morgan fingerprint density at radius 3 is 2.39 bits per heavy atom. The van der Waals surface area contributed by atoms with Gasteiger partial charge in [0.05, 0.1) is 11.9 Å². The molecule has 0 aliphatic rings. The highest BCUT2D eigenvalue weighted by molar-refractivity contribution is 5.72. The summed E-state index contributed by atoms with van der Waals surface area (Å²) in [5, 5.41) is 20.6. The van der Waals surface area contributed by atoms with Crippen LogP contribution in [-0.4, -0.2) is 36.7 Å². The molecule has 2 heterocycles. The third-order valence-electron chi connectivity index (χ3n) is 4.52. The van der Waals surface area contributed by atoms with E-state index < -0.39 is 0 Å². The molecule has 0 saturated carbocycles. The van der Waals surface area contributed by atoms with Crippen molar-refractivity contribution in [2.45, 2.75) is 26.2 Å². The predicted molar refractivity (Wildman–Crippen MR) is 109 cm³/mol. The summed E-state index contributed by atoms with van der Waals surface area (Å²) in [6, 6.07) is 16.1. The molecule has 0 bridgehead atoms. The van der Waals surface area contributed by atoms with Crippen molar-refractivity contribution in [1.82, 2.24) is 25.0 Å². The van der Waals surface area contributed by atoms with Crippen LogP contribution in [0.3, 0.4) is 0 Å². The number of nitrogens with one attached hydrogen (secondary N) is 1. The Balaban J connectivity index is 1.60. The largest absolute Gasteiger partial charge is 0.396 e. The lowest BCUT2D eigenvalue weighted by Gasteiger charge is -2.07. The summed E-state index contributed by atoms with van der Waals surface area (Å²) in [7, 11) is 0. The smallest absolute Gasteiger partial charge is 0.229 e. The molecular weight excluding hydrogens is 352 g/mol. The van der Waals surface area contributed by atoms with Gasteiger partial charge in [0.2, 0.25) is 5.95 Å². The first-order valence-electron chi connectivity index (χ1n) is 9.41. The molecule has 0 atom stereocenters. The summed E-state index contributed by atoms with van der Waals surface area (Å²) >= 11 is 0. The first kappa shape index (κ1) is 18.1. The lowest BCUT2D eigenvalue weighted by Crippen LogP contribution is -2.01. The summed E-state index contributed by atoms with van der Waals surface area (Å²) < 4.78 is 1.72. The summed E-state index contributed by atoms with van der Waals surface area (Å²) in [4.78, 5) is 8.93. The van der Waals surface area contributed by atoms with Crippen LogP contribution in [-0.2, 0) is 12.8 Å². The number of nitrogens with zero attached hydrogens (tertiary/aromatic N) is 5. The van der Waals surface area contributed by atoms with E-state index in [1.807, 2.05) is 36.4 Å². The van der Waals surface area contributed by atoms with Crippen molar-refractivity contribution >= 4 is 22.8 Å². The van der Waals surface area contributed by atoms with Crippen LogP contribution in [0.1, 0.15) is 24.5 Å². The van der Waals surface area contributed by atoms with Gasteiger partial charge in [0.15, 0.2) is 11.2 Å². The maximum Gasteiger partial charge on any atom is 0.229 e. The molecule has 0 aliphatic heterocycles. The number of hydrogen-bond donors (Lipinski definition) is 2. The number of aliphatic hydroxyl groups is 1. The molecule has 0 radical (unpaired) electrons. The van der Waals surface area contributed by atoms with Gasteiger partial charge in [-0.2, -0.15) is 9.67 Å². The van der Waals surface area contributed by atoms with Crippen molar-refractivity contribution < 1.29 is 5.11 Å². The number of hydrogen-bond acceptors (Lipinski definition) is 6. The van der Waals surface area contributed by atoms with Gasteiger partial charge in [-0.15, -0.1) is 5.10 Å². The molecule has 0 saturated heterocycles. The second-order valence-corrected chi connectivity index (χ2v) is 6.62. The average Bonchev–Trinajstić information content (AvgIpc) is 3.14. The van der Waals surface area contributed by atoms with Gasteiger partial charge in [-0.05, 0) is 48.2 Å². The zero-order chi connectivity index (χ0) is 19.3. The molecule has 4 aromatic rings. The Morgan fingerprint density at radius 1 is 0.964 bits per heavy atom. The Labute approximate surface area is 163 Å². The van der Waals surface area contributed by atoms with Gasteiger partial charge >= 0.3 is 0 Å². The number of benzene rings is 2. The van der Waals surface area contributed by atoms with Crippen LogP contribution in [0, 0.1) is 0 Å². The van der Waals surface area contributed by atoms with Crippen molar-refractivity contribution in [2.24, 2.45) is 0 Å². The molecule has 7 heteroatoms. The van der Waals surface area contributed by atoms with Gasteiger partial charge < -0.3 is 10.4 Å². The third-order valence-corrected chi connectivity index (χ3v) is 4.52. The molecule has 0 spiro atoms. The fourth-order valence-electron chi connectivity index (χ4n) is 3.07. The molecule has 0 aliphatic carbocycles. The van der Waals surface area contributed by atoms with Crippen molar-refractivity contribution in [3.05, 3.63) is 65.9 Å². The zero-order valence-corrected chi connectivity index (χ0v) is 15.7. The van der Waals surface area contributed by atoms with E-state index in [0.717, 1.165) is 29.8 Å². The van der Waals surface area contributed by atoms with E-state index >= 15 is 0 Å². The topological polar surface area (TPSA) is 88.8 Å². The maximum absolute atomic E-state index is 9.02. The van der Waals surface area contributed by atoms with Crippen molar-refractivity contribution in [1.29, 1.82) is 0 Å². The Morgan fingerprint density at radius 2 is 1.68 bits per heavy atom. The first-order chi connectivity index (χ1) is 13.8. The normalized spacial score (nSPS) is 11.1. The number of aliphatic hydroxyl groups excluding tert-OH is 1. The molecule has 7 nitrogen and oxygen atoms in total. The molecule has 28 heavy (non-hydrogen) atoms. The van der Waals surface area contributed by atoms with Crippen LogP contribution >= 0.6 is 0 Å². The minimum absolute atomic E-state index is 0.142. The highest BCUT2D eigenvalue weighted by Gasteiger charge is 2.10. The summed E-state index contributed by atoms with van der Waals surface area (Å²) in [6.45, 7) is 2.31. The van der Waals surface area contributed by atoms with E-state index in [2.05, 4.69) is 44.7 Å². The Kier molecular flexibility index (Phi) is 5.25. The van der Waals surface area contributed by atoms with Gasteiger partial charge in [-0.3, -0.25) is 0 Å². The monoisotopic (exact) mass is 374 g/mol. The first-order valence-corrected chi connectivity index (χ1v) is 9.41. The van der Waals surface area contributed by atoms with Crippen molar-refractivity contribution in [2.75, 3.05) is 11.9 Å². The number of aryl methyl sites for hydroxylation is 1. The summed E-state index contributed by atoms with van der Waals surface area (Å²) in [5.41, 5.74) is 5.47. The quantitative estimate of drug-likeness (QED) is 0.515. The van der Waals surface area contributed by atoms with Crippen molar-refractivity contribution in [3.63, 3.8) is 0 Å². The zero-order valence-electron chi connectivity index (χ0n) is 15.7. The van der Waals surface area contributed by atoms with E-state index in [0.29, 0.717) is 23.5 Å². The van der Waals surface area contributed by atoms with E-state index in [1.54, 1.807) is 10.9 Å². The molecule has 2 aromatic heterocycles. The second kappa shape index (κ2) is 8.14. The molecule has 142 valence electrons. The second-order valence-electron chi connectivity index (χ2n) is 6.62. The molecular formula is C21H22N6O. The average molecular weight is 374 g/mol. The molecule has 2 aromatic carbocycles. The minimum Gasteiger partial charge on any atom is -0.396 e. The molecule has 2 N–H and O–H groups in total. The third kappa shape index (κ3) is 3.84. The summed E-state index contributed by atoms with van der Waals surface area (Å²) in [6.07, 6.45) is 4.49. The maximum atomic E-state index is 9.02. The van der Waals surface area contributed by atoms with E-state index in [1.165, 1.54) is 5.56 Å². The number of anilines is 2. The van der Waals surface area contributed by atoms with Gasteiger partial charge in [0.1, 0.15) is 0 Å². The van der Waals surface area contributed by atoms with Crippen LogP contribution in [0.15, 0.2) is 54.7 Å². The van der Waals surface area contributed by atoms with Gasteiger partial charge in [0, 0.05) is 12.3 Å². The molecule has 4 rings (SSSR count). The number of fused-ring (bicyclic) bond motifs is 1. The molecule has 0 amide bonds. The van der Waals surface area contributed by atoms with Crippen LogP contribution in [0.25, 0.3) is 16.9 Å². The molecule has 0 unspecified atom stereocenters. The Hall–Kier alpha value is -3.32. The Bertz CT molecular complexity index is 1060. The van der Waals surface area contributed by atoms with E-state index in [9.17, 15) is 0 Å². The fraction of sp³-hybridized carbons (Fsp3) is 0.238. The predicted octanol–water partition coefficient (Wildman–Crippen LogP) is 3.44. The SMILES string of the molecule is CCCc1ccc(-n2nnc3cnc(Nc4ccc(CCO)cc4)nc32)cc1. The van der Waals surface area contributed by atoms with Gasteiger partial charge in [0.25, 0.3) is 0 Å². The van der Waals surface area contributed by atoms with Crippen molar-refractivity contribution in [3.8, 4) is 5.69 Å². The van der Waals surface area contributed by atoms with Gasteiger partial charge in [-0.25, -0.2) is 4.98 Å². The van der Waals surface area contributed by atoms with E-state index in [-0.39, 0.29) is 6.61 Å². The molecule has 0 fully saturated rings. The number of aromatic nitrogens is 5. The fourth-order valence-corrected chi connectivity index (χ4v) is 3.07. The van der Waals surface area contributed by atoms with Crippen LogP contribution in [0.4, 0.5) is 11.6 Å². The number of rotatable bonds is 7. The lowest BCUT2D eigenvalue weighted by atomic mass is 10.1. The van der Waals surface area contributed by atoms with Crippen LogP contribution < -0.4 is 5.32 Å². The van der Waals surface area contributed by atoms with E-state index in [4.69, 9.17) is 5.11 Å². The highest BCUT2D eigenvalue weighted by Crippen LogP contribution is 2.19. The minimum atomic E-state index is 0.142. The van der Waals surface area contributed by atoms with Gasteiger partial charge in [-0.1, -0.05) is 42.8 Å². The van der Waals surface area contributed by atoms with Crippen LogP contribution in [0.5, 0.6) is 0 Å².